The molecule has 0 unspecified atom stereocenters. The van der Waals surface area contributed by atoms with Crippen molar-refractivity contribution >= 4 is 15.9 Å². The lowest BCUT2D eigenvalue weighted by molar-refractivity contribution is 0.309. The summed E-state index contributed by atoms with van der Waals surface area (Å²) in [7, 11) is -3.53. The average molecular weight is 332 g/mol. The summed E-state index contributed by atoms with van der Waals surface area (Å²) in [6, 6.07) is 9.63. The van der Waals surface area contributed by atoms with Crippen molar-refractivity contribution < 1.29 is 12.9 Å². The van der Waals surface area contributed by atoms with Crippen LogP contribution in [0.3, 0.4) is 0 Å². The summed E-state index contributed by atoms with van der Waals surface area (Å²) in [6.07, 6.45) is 1.34. The lowest BCUT2D eigenvalue weighted by atomic mass is 9.95. The SMILES string of the molecule is N#Cc1ccc(S(=O)(=O)N2CCC(c3cc(N)on3)CC2)cc1. The van der Waals surface area contributed by atoms with Gasteiger partial charge in [0.05, 0.1) is 22.2 Å². The van der Waals surface area contributed by atoms with Gasteiger partial charge in [0.25, 0.3) is 0 Å². The molecule has 0 amide bonds. The molecule has 1 aliphatic heterocycles. The highest BCUT2D eigenvalue weighted by Gasteiger charge is 2.31. The number of hydrogen-bond acceptors (Lipinski definition) is 6. The maximum absolute atomic E-state index is 12.6. The van der Waals surface area contributed by atoms with Gasteiger partial charge in [0, 0.05) is 25.1 Å². The Morgan fingerprint density at radius 1 is 1.26 bits per heavy atom. The molecule has 0 saturated carbocycles. The van der Waals surface area contributed by atoms with Crippen LogP contribution < -0.4 is 5.73 Å². The molecule has 1 aliphatic rings. The van der Waals surface area contributed by atoms with Gasteiger partial charge in [0.1, 0.15) is 0 Å². The predicted molar refractivity (Wildman–Crippen MR) is 82.8 cm³/mol. The fourth-order valence-corrected chi connectivity index (χ4v) is 4.21. The second kappa shape index (κ2) is 6.02. The van der Waals surface area contributed by atoms with Crippen molar-refractivity contribution in [3.8, 4) is 6.07 Å². The molecule has 0 bridgehead atoms. The third-order valence-electron chi connectivity index (χ3n) is 4.04. The molecule has 23 heavy (non-hydrogen) atoms. The summed E-state index contributed by atoms with van der Waals surface area (Å²) >= 11 is 0. The zero-order chi connectivity index (χ0) is 16.4. The van der Waals surface area contributed by atoms with Crippen LogP contribution in [0.4, 0.5) is 5.88 Å². The highest BCUT2D eigenvalue weighted by molar-refractivity contribution is 7.89. The number of nitrogens with two attached hydrogens (primary N) is 1. The van der Waals surface area contributed by atoms with Gasteiger partial charge in [-0.15, -0.1) is 0 Å². The third-order valence-corrected chi connectivity index (χ3v) is 5.95. The molecule has 1 aromatic carbocycles. The van der Waals surface area contributed by atoms with Crippen LogP contribution in [-0.2, 0) is 10.0 Å². The number of piperidine rings is 1. The monoisotopic (exact) mass is 332 g/mol. The Labute approximate surface area is 134 Å². The van der Waals surface area contributed by atoms with Gasteiger partial charge in [0.15, 0.2) is 0 Å². The van der Waals surface area contributed by atoms with E-state index in [-0.39, 0.29) is 16.7 Å². The van der Waals surface area contributed by atoms with Crippen LogP contribution in [-0.4, -0.2) is 31.0 Å². The molecule has 1 fully saturated rings. The minimum Gasteiger partial charge on any atom is -0.368 e. The van der Waals surface area contributed by atoms with Gasteiger partial charge < -0.3 is 10.3 Å². The lowest BCUT2D eigenvalue weighted by Gasteiger charge is -2.30. The zero-order valence-corrected chi connectivity index (χ0v) is 13.2. The van der Waals surface area contributed by atoms with E-state index in [1.165, 1.54) is 28.6 Å². The van der Waals surface area contributed by atoms with E-state index in [1.54, 1.807) is 6.07 Å². The second-order valence-electron chi connectivity index (χ2n) is 5.47. The summed E-state index contributed by atoms with van der Waals surface area (Å²) in [4.78, 5) is 0.209. The van der Waals surface area contributed by atoms with Crippen LogP contribution in [0.25, 0.3) is 0 Å². The summed E-state index contributed by atoms with van der Waals surface area (Å²) in [5.74, 6) is 0.427. The first-order valence-electron chi connectivity index (χ1n) is 7.23. The molecule has 1 aromatic heterocycles. The number of aromatic nitrogens is 1. The lowest BCUT2D eigenvalue weighted by Crippen LogP contribution is -2.37. The Kier molecular flexibility index (Phi) is 4.07. The van der Waals surface area contributed by atoms with Crippen molar-refractivity contribution in [2.24, 2.45) is 0 Å². The zero-order valence-electron chi connectivity index (χ0n) is 12.3. The van der Waals surface area contributed by atoms with Crippen LogP contribution in [0.1, 0.15) is 30.0 Å². The van der Waals surface area contributed by atoms with E-state index in [0.29, 0.717) is 31.5 Å². The van der Waals surface area contributed by atoms with Crippen LogP contribution in [0.2, 0.25) is 0 Å². The highest BCUT2D eigenvalue weighted by Crippen LogP contribution is 2.30. The highest BCUT2D eigenvalue weighted by atomic mass is 32.2. The quantitative estimate of drug-likeness (QED) is 0.915. The maximum atomic E-state index is 12.6. The van der Waals surface area contributed by atoms with Gasteiger partial charge in [-0.1, -0.05) is 5.16 Å². The molecule has 7 nitrogen and oxygen atoms in total. The standard InChI is InChI=1S/C15H16N4O3S/c16-10-11-1-3-13(4-2-11)23(20,21)19-7-5-12(6-8-19)14-9-15(17)22-18-14/h1-4,9,12H,5-8,17H2. The molecule has 0 aliphatic carbocycles. The molecule has 3 rings (SSSR count). The fourth-order valence-electron chi connectivity index (χ4n) is 2.74. The molecule has 2 N–H and O–H groups in total. The van der Waals surface area contributed by atoms with E-state index in [9.17, 15) is 8.42 Å². The van der Waals surface area contributed by atoms with Crippen molar-refractivity contribution in [2.75, 3.05) is 18.8 Å². The second-order valence-corrected chi connectivity index (χ2v) is 7.41. The maximum Gasteiger partial charge on any atom is 0.243 e. The molecule has 2 aromatic rings. The Hall–Kier alpha value is -2.37. The normalized spacial score (nSPS) is 17.0. The number of benzene rings is 1. The number of rotatable bonds is 3. The minimum absolute atomic E-state index is 0.156. The number of nitrogen functional groups attached to an aromatic ring is 1. The Morgan fingerprint density at radius 2 is 1.91 bits per heavy atom. The van der Waals surface area contributed by atoms with Crippen molar-refractivity contribution in [2.45, 2.75) is 23.7 Å². The van der Waals surface area contributed by atoms with Crippen LogP contribution >= 0.6 is 0 Å². The van der Waals surface area contributed by atoms with Crippen molar-refractivity contribution in [3.63, 3.8) is 0 Å². The van der Waals surface area contributed by atoms with Crippen molar-refractivity contribution in [1.29, 1.82) is 5.26 Å². The van der Waals surface area contributed by atoms with E-state index >= 15 is 0 Å². The topological polar surface area (TPSA) is 113 Å². The first kappa shape index (κ1) is 15.5. The van der Waals surface area contributed by atoms with Gasteiger partial charge in [-0.25, -0.2) is 8.42 Å². The Balaban J connectivity index is 1.72. The largest absolute Gasteiger partial charge is 0.368 e. The fraction of sp³-hybridized carbons (Fsp3) is 0.333. The average Bonchev–Trinajstić information content (AvgIpc) is 3.01. The smallest absolute Gasteiger partial charge is 0.243 e. The third kappa shape index (κ3) is 3.06. The van der Waals surface area contributed by atoms with Crippen molar-refractivity contribution in [1.82, 2.24) is 9.46 Å². The number of nitrogens with zero attached hydrogens (tertiary/aromatic N) is 3. The summed E-state index contributed by atoms with van der Waals surface area (Å²) in [5.41, 5.74) is 6.74. The molecule has 0 spiro atoms. The van der Waals surface area contributed by atoms with Gasteiger partial charge in [-0.3, -0.25) is 0 Å². The Bertz CT molecular complexity index is 828. The number of sulfonamides is 1. The first-order valence-corrected chi connectivity index (χ1v) is 8.67. The van der Waals surface area contributed by atoms with Gasteiger partial charge in [-0.2, -0.15) is 9.57 Å². The number of anilines is 1. The van der Waals surface area contributed by atoms with E-state index < -0.39 is 10.0 Å². The summed E-state index contributed by atoms with van der Waals surface area (Å²) in [6.45, 7) is 0.833. The summed E-state index contributed by atoms with van der Waals surface area (Å²) < 4.78 is 31.6. The van der Waals surface area contributed by atoms with E-state index in [2.05, 4.69) is 5.16 Å². The summed E-state index contributed by atoms with van der Waals surface area (Å²) in [5, 5.41) is 12.7. The van der Waals surface area contributed by atoms with Crippen LogP contribution in [0.5, 0.6) is 0 Å². The minimum atomic E-state index is -3.53. The van der Waals surface area contributed by atoms with Crippen LogP contribution in [0, 0.1) is 11.3 Å². The molecule has 2 heterocycles. The van der Waals surface area contributed by atoms with Crippen molar-refractivity contribution in [3.05, 3.63) is 41.6 Å². The molecule has 120 valence electrons. The molecular weight excluding hydrogens is 316 g/mol. The Morgan fingerprint density at radius 3 is 2.43 bits per heavy atom. The van der Waals surface area contributed by atoms with Gasteiger partial charge in [0.2, 0.25) is 15.9 Å². The first-order chi connectivity index (χ1) is 11.0. The predicted octanol–water partition coefficient (Wildman–Crippen LogP) is 1.70. The number of nitriles is 1. The van der Waals surface area contributed by atoms with Gasteiger partial charge in [-0.05, 0) is 37.1 Å². The van der Waals surface area contributed by atoms with E-state index in [0.717, 1.165) is 5.69 Å². The van der Waals surface area contributed by atoms with Crippen LogP contribution in [0.15, 0.2) is 39.8 Å². The number of hydrogen-bond donors (Lipinski definition) is 1. The molecule has 0 atom stereocenters. The molecule has 1 saturated heterocycles. The molecular formula is C15H16N4O3S. The molecule has 8 heteroatoms. The molecule has 0 radical (unpaired) electrons. The van der Waals surface area contributed by atoms with E-state index in [4.69, 9.17) is 15.5 Å². The van der Waals surface area contributed by atoms with Gasteiger partial charge >= 0.3 is 0 Å². The van der Waals surface area contributed by atoms with E-state index in [1.807, 2.05) is 6.07 Å².